The van der Waals surface area contributed by atoms with Crippen molar-refractivity contribution >= 4 is 23.7 Å². The Morgan fingerprint density at radius 2 is 2.08 bits per heavy atom. The molecule has 0 saturated carbocycles. The van der Waals surface area contributed by atoms with E-state index in [0.29, 0.717) is 17.1 Å². The molecule has 1 aliphatic heterocycles. The number of pyridine rings is 1. The van der Waals surface area contributed by atoms with Gasteiger partial charge in [-0.15, -0.1) is 0 Å². The van der Waals surface area contributed by atoms with Gasteiger partial charge in [-0.2, -0.15) is 0 Å². The molecule has 1 aromatic rings. The number of carbonyl (C=O) groups excluding carboxylic acids is 2. The van der Waals surface area contributed by atoms with E-state index in [0.717, 1.165) is 5.56 Å². The average molecular weight is 355 g/mol. The molecule has 1 aliphatic rings. The Bertz CT molecular complexity index is 655. The summed E-state index contributed by atoms with van der Waals surface area (Å²) in [5.74, 6) is -0.523. The van der Waals surface area contributed by atoms with Gasteiger partial charge in [0, 0.05) is 11.1 Å². The summed E-state index contributed by atoms with van der Waals surface area (Å²) in [6, 6.07) is 1.45. The molecule has 0 aromatic carbocycles. The maximum atomic E-state index is 12.4. The van der Waals surface area contributed by atoms with Gasteiger partial charge in [0.15, 0.2) is 0 Å². The van der Waals surface area contributed by atoms with Crippen LogP contribution in [-0.4, -0.2) is 40.2 Å². The fourth-order valence-corrected chi connectivity index (χ4v) is 2.82. The molecule has 0 spiro atoms. The summed E-state index contributed by atoms with van der Waals surface area (Å²) in [4.78, 5) is 30.2. The van der Waals surface area contributed by atoms with Gasteiger partial charge in [0.05, 0.1) is 18.8 Å². The smallest absolute Gasteiger partial charge is 0.410 e. The van der Waals surface area contributed by atoms with Gasteiger partial charge in [-0.25, -0.2) is 14.6 Å². The minimum absolute atomic E-state index is 0.0694. The fourth-order valence-electron chi connectivity index (χ4n) is 2.53. The van der Waals surface area contributed by atoms with Gasteiger partial charge in [0.25, 0.3) is 0 Å². The lowest BCUT2D eigenvalue weighted by Gasteiger charge is -2.35. The topological polar surface area (TPSA) is 68.7 Å². The molecule has 0 bridgehead atoms. The Balaban J connectivity index is 2.29. The number of halogens is 1. The van der Waals surface area contributed by atoms with Crippen LogP contribution in [0.5, 0.6) is 0 Å². The van der Waals surface area contributed by atoms with Gasteiger partial charge in [-0.05, 0) is 52.7 Å². The predicted octanol–water partition coefficient (Wildman–Crippen LogP) is 3.59. The third kappa shape index (κ3) is 4.17. The second-order valence-corrected chi connectivity index (χ2v) is 7.20. The van der Waals surface area contributed by atoms with E-state index in [1.807, 2.05) is 27.7 Å². The summed E-state index contributed by atoms with van der Waals surface area (Å²) < 4.78 is 10.4. The lowest BCUT2D eigenvalue weighted by Crippen LogP contribution is -2.45. The van der Waals surface area contributed by atoms with Crippen molar-refractivity contribution in [1.29, 1.82) is 0 Å². The minimum atomic E-state index is -0.574. The zero-order valence-electron chi connectivity index (χ0n) is 14.7. The molecule has 1 aromatic heterocycles. The van der Waals surface area contributed by atoms with Crippen molar-refractivity contribution in [3.05, 3.63) is 28.0 Å². The zero-order chi connectivity index (χ0) is 18.1. The number of ether oxygens (including phenoxy) is 2. The third-order valence-electron chi connectivity index (χ3n) is 3.62. The highest BCUT2D eigenvalue weighted by molar-refractivity contribution is 6.31. The first-order valence-electron chi connectivity index (χ1n) is 7.97. The maximum Gasteiger partial charge on any atom is 0.410 e. The van der Waals surface area contributed by atoms with E-state index in [1.54, 1.807) is 11.8 Å². The summed E-state index contributed by atoms with van der Waals surface area (Å²) in [5.41, 5.74) is 1.04. The number of rotatable bonds is 2. The number of hydrogen-bond donors (Lipinski definition) is 0. The molecule has 7 heteroatoms. The monoisotopic (exact) mass is 354 g/mol. The van der Waals surface area contributed by atoms with Crippen molar-refractivity contribution in [1.82, 2.24) is 9.88 Å². The zero-order valence-corrected chi connectivity index (χ0v) is 15.4. The third-order valence-corrected chi connectivity index (χ3v) is 3.96. The van der Waals surface area contributed by atoms with Crippen molar-refractivity contribution in [3.8, 4) is 0 Å². The van der Waals surface area contributed by atoms with Crippen LogP contribution in [0, 0.1) is 0 Å². The summed E-state index contributed by atoms with van der Waals surface area (Å²) in [7, 11) is 0. The molecule has 0 N–H and O–H groups in total. The molecule has 6 nitrogen and oxygen atoms in total. The van der Waals surface area contributed by atoms with Crippen LogP contribution in [0.2, 0.25) is 5.02 Å². The van der Waals surface area contributed by atoms with Crippen LogP contribution < -0.4 is 0 Å². The Labute approximate surface area is 147 Å². The quantitative estimate of drug-likeness (QED) is 0.759. The molecular formula is C17H23ClN2O4. The minimum Gasteiger partial charge on any atom is -0.461 e. The molecule has 1 unspecified atom stereocenters. The van der Waals surface area contributed by atoms with E-state index in [1.165, 1.54) is 6.07 Å². The van der Waals surface area contributed by atoms with E-state index in [9.17, 15) is 9.59 Å². The van der Waals surface area contributed by atoms with Gasteiger partial charge < -0.3 is 9.47 Å². The number of nitrogens with zero attached hydrogens (tertiary/aromatic N) is 2. The lowest BCUT2D eigenvalue weighted by molar-refractivity contribution is 0.0134. The molecule has 24 heavy (non-hydrogen) atoms. The SMILES string of the molecule is CCOC(=O)c1cc(Cl)c2c(n1)CN(C(=O)OC(C)(C)C)C(C)C2. The van der Waals surface area contributed by atoms with Crippen molar-refractivity contribution < 1.29 is 19.1 Å². The van der Waals surface area contributed by atoms with Crippen LogP contribution in [0.4, 0.5) is 4.79 Å². The van der Waals surface area contributed by atoms with Gasteiger partial charge in [0.2, 0.25) is 0 Å². The number of carbonyl (C=O) groups is 2. The first kappa shape index (κ1) is 18.5. The number of esters is 1. The highest BCUT2D eigenvalue weighted by Crippen LogP contribution is 2.30. The second-order valence-electron chi connectivity index (χ2n) is 6.80. The van der Waals surface area contributed by atoms with Crippen molar-refractivity contribution in [3.63, 3.8) is 0 Å². The van der Waals surface area contributed by atoms with Crippen LogP contribution in [0.1, 0.15) is 56.4 Å². The number of hydrogen-bond acceptors (Lipinski definition) is 5. The molecule has 132 valence electrons. The van der Waals surface area contributed by atoms with Crippen LogP contribution in [0.25, 0.3) is 0 Å². The molecule has 1 atom stereocenters. The highest BCUT2D eigenvalue weighted by Gasteiger charge is 2.32. The Morgan fingerprint density at radius 3 is 2.67 bits per heavy atom. The number of amides is 1. The van der Waals surface area contributed by atoms with E-state index >= 15 is 0 Å². The van der Waals surface area contributed by atoms with Crippen LogP contribution >= 0.6 is 11.6 Å². The van der Waals surface area contributed by atoms with Gasteiger partial charge in [-0.3, -0.25) is 4.90 Å². The Kier molecular flexibility index (Phi) is 5.38. The highest BCUT2D eigenvalue weighted by atomic mass is 35.5. The van der Waals surface area contributed by atoms with Crippen molar-refractivity contribution in [2.24, 2.45) is 0 Å². The predicted molar refractivity (Wildman–Crippen MR) is 90.1 cm³/mol. The Hall–Kier alpha value is -1.82. The summed E-state index contributed by atoms with van der Waals surface area (Å²) in [6.45, 7) is 9.63. The van der Waals surface area contributed by atoms with Gasteiger partial charge in [-0.1, -0.05) is 11.6 Å². The molecule has 2 rings (SSSR count). The van der Waals surface area contributed by atoms with Crippen LogP contribution in [-0.2, 0) is 22.4 Å². The molecule has 0 fully saturated rings. The lowest BCUT2D eigenvalue weighted by atomic mass is 9.98. The van der Waals surface area contributed by atoms with Gasteiger partial charge in [0.1, 0.15) is 11.3 Å². The maximum absolute atomic E-state index is 12.4. The largest absolute Gasteiger partial charge is 0.461 e. The van der Waals surface area contributed by atoms with Crippen molar-refractivity contribution in [2.75, 3.05) is 6.61 Å². The summed E-state index contributed by atoms with van der Waals surface area (Å²) >= 11 is 6.31. The van der Waals surface area contributed by atoms with E-state index < -0.39 is 17.7 Å². The summed E-state index contributed by atoms with van der Waals surface area (Å²) in [5, 5.41) is 0.471. The summed E-state index contributed by atoms with van der Waals surface area (Å²) in [6.07, 6.45) is 0.156. The first-order chi connectivity index (χ1) is 11.1. The number of aromatic nitrogens is 1. The van der Waals surface area contributed by atoms with E-state index in [2.05, 4.69) is 4.98 Å². The molecule has 0 aliphatic carbocycles. The molecule has 0 saturated heterocycles. The molecule has 0 radical (unpaired) electrons. The average Bonchev–Trinajstić information content (AvgIpc) is 2.45. The van der Waals surface area contributed by atoms with Gasteiger partial charge >= 0.3 is 12.1 Å². The fraction of sp³-hybridized carbons (Fsp3) is 0.588. The molecule has 2 heterocycles. The van der Waals surface area contributed by atoms with Crippen LogP contribution in [0.3, 0.4) is 0 Å². The number of fused-ring (bicyclic) bond motifs is 1. The normalized spacial score (nSPS) is 17.2. The molecule has 1 amide bonds. The van der Waals surface area contributed by atoms with E-state index in [4.69, 9.17) is 21.1 Å². The first-order valence-corrected chi connectivity index (χ1v) is 8.35. The molecular weight excluding hydrogens is 332 g/mol. The van der Waals surface area contributed by atoms with Crippen molar-refractivity contribution in [2.45, 2.75) is 59.2 Å². The van der Waals surface area contributed by atoms with Crippen LogP contribution in [0.15, 0.2) is 6.07 Å². The standard InChI is InChI=1S/C17H23ClN2O4/c1-6-23-15(21)13-8-12(18)11-7-10(2)20(9-14(11)19-13)16(22)24-17(3,4)5/h8,10H,6-7,9H2,1-5H3. The second kappa shape index (κ2) is 6.97. The Morgan fingerprint density at radius 1 is 1.42 bits per heavy atom. The van der Waals surface area contributed by atoms with E-state index in [-0.39, 0.29) is 24.9 Å².